The number of nitrogens with two attached hydrogens (primary N) is 1. The van der Waals surface area contributed by atoms with Gasteiger partial charge in [0.25, 0.3) is 0 Å². The SMILES string of the molecule is NC(=O)c1ccc(NS(=O)(=O)CC(=O)O)cc1Cl. The minimum Gasteiger partial charge on any atom is -0.480 e. The molecule has 0 fully saturated rings. The maximum Gasteiger partial charge on any atom is 0.320 e. The van der Waals surface area contributed by atoms with E-state index in [1.807, 2.05) is 4.72 Å². The molecule has 9 heteroatoms. The van der Waals surface area contributed by atoms with E-state index in [0.717, 1.165) is 0 Å². The van der Waals surface area contributed by atoms with Gasteiger partial charge in [0.05, 0.1) is 16.3 Å². The first-order valence-electron chi connectivity index (χ1n) is 4.53. The second kappa shape index (κ2) is 5.23. The third kappa shape index (κ3) is 3.90. The molecule has 1 amide bonds. The first kappa shape index (κ1) is 14.3. The zero-order chi connectivity index (χ0) is 13.9. The van der Waals surface area contributed by atoms with Crippen LogP contribution in [0.5, 0.6) is 0 Å². The van der Waals surface area contributed by atoms with Gasteiger partial charge in [-0.15, -0.1) is 0 Å². The van der Waals surface area contributed by atoms with E-state index >= 15 is 0 Å². The molecule has 0 aromatic heterocycles. The van der Waals surface area contributed by atoms with Gasteiger partial charge in [-0.2, -0.15) is 0 Å². The molecule has 0 spiro atoms. The van der Waals surface area contributed by atoms with Crippen molar-refractivity contribution >= 4 is 39.2 Å². The van der Waals surface area contributed by atoms with Gasteiger partial charge in [0.1, 0.15) is 0 Å². The Morgan fingerprint density at radius 1 is 1.39 bits per heavy atom. The number of carbonyl (C=O) groups is 2. The number of rotatable bonds is 5. The molecule has 1 aromatic carbocycles. The summed E-state index contributed by atoms with van der Waals surface area (Å²) in [7, 11) is -4.01. The molecule has 0 atom stereocenters. The summed E-state index contributed by atoms with van der Waals surface area (Å²) < 4.78 is 24.6. The van der Waals surface area contributed by atoms with Crippen LogP contribution in [0.25, 0.3) is 0 Å². The van der Waals surface area contributed by atoms with Crippen molar-refractivity contribution in [3.63, 3.8) is 0 Å². The Morgan fingerprint density at radius 2 is 2.00 bits per heavy atom. The van der Waals surface area contributed by atoms with Crippen molar-refractivity contribution in [2.24, 2.45) is 5.73 Å². The third-order valence-electron chi connectivity index (χ3n) is 1.82. The van der Waals surface area contributed by atoms with Gasteiger partial charge in [0.15, 0.2) is 5.75 Å². The second-order valence-corrected chi connectivity index (χ2v) is 5.44. The number of aliphatic carboxylic acids is 1. The number of benzene rings is 1. The Kier molecular flexibility index (Phi) is 4.15. The number of hydrogen-bond donors (Lipinski definition) is 3. The second-order valence-electron chi connectivity index (χ2n) is 3.31. The smallest absolute Gasteiger partial charge is 0.320 e. The molecule has 1 aromatic rings. The van der Waals surface area contributed by atoms with Crippen LogP contribution in [0, 0.1) is 0 Å². The van der Waals surface area contributed by atoms with Gasteiger partial charge in [-0.05, 0) is 18.2 Å². The van der Waals surface area contributed by atoms with E-state index in [4.69, 9.17) is 22.4 Å². The number of carboxylic acid groups (broad SMARTS) is 1. The van der Waals surface area contributed by atoms with Gasteiger partial charge in [0, 0.05) is 0 Å². The zero-order valence-electron chi connectivity index (χ0n) is 8.88. The molecule has 0 radical (unpaired) electrons. The van der Waals surface area contributed by atoms with E-state index in [0.29, 0.717) is 0 Å². The van der Waals surface area contributed by atoms with Crippen LogP contribution in [0.3, 0.4) is 0 Å². The number of anilines is 1. The van der Waals surface area contributed by atoms with Crippen molar-refractivity contribution in [3.05, 3.63) is 28.8 Å². The summed E-state index contributed by atoms with van der Waals surface area (Å²) in [6.07, 6.45) is 0. The molecule has 0 bridgehead atoms. The highest BCUT2D eigenvalue weighted by Gasteiger charge is 2.16. The molecule has 0 unspecified atom stereocenters. The molecule has 0 aliphatic carbocycles. The van der Waals surface area contributed by atoms with E-state index in [9.17, 15) is 18.0 Å². The molecule has 1 rings (SSSR count). The monoisotopic (exact) mass is 292 g/mol. The predicted molar refractivity (Wildman–Crippen MR) is 65.0 cm³/mol. The number of primary amides is 1. The number of carbonyl (C=O) groups excluding carboxylic acids is 1. The normalized spacial score (nSPS) is 10.9. The quantitative estimate of drug-likeness (QED) is 0.717. The van der Waals surface area contributed by atoms with Gasteiger partial charge in [-0.1, -0.05) is 11.6 Å². The van der Waals surface area contributed by atoms with Gasteiger partial charge in [-0.3, -0.25) is 14.3 Å². The number of amides is 1. The van der Waals surface area contributed by atoms with Crippen LogP contribution >= 0.6 is 11.6 Å². The molecule has 0 heterocycles. The number of nitrogens with one attached hydrogen (secondary N) is 1. The van der Waals surface area contributed by atoms with Crippen LogP contribution in [0.1, 0.15) is 10.4 Å². The molecule has 0 saturated heterocycles. The van der Waals surface area contributed by atoms with Crippen LogP contribution in [0.2, 0.25) is 5.02 Å². The summed E-state index contributed by atoms with van der Waals surface area (Å²) in [5.74, 6) is -3.30. The maximum atomic E-state index is 11.3. The molecule has 7 nitrogen and oxygen atoms in total. The molecular weight excluding hydrogens is 284 g/mol. The average molecular weight is 293 g/mol. The van der Waals surface area contributed by atoms with E-state index in [2.05, 4.69) is 0 Å². The fourth-order valence-corrected chi connectivity index (χ4v) is 2.31. The summed E-state index contributed by atoms with van der Waals surface area (Å²) in [6, 6.07) is 3.66. The Bertz CT molecular complexity index is 599. The highest BCUT2D eigenvalue weighted by molar-refractivity contribution is 7.93. The molecule has 4 N–H and O–H groups in total. The van der Waals surface area contributed by atoms with Crippen molar-refractivity contribution in [1.29, 1.82) is 0 Å². The first-order valence-corrected chi connectivity index (χ1v) is 6.56. The van der Waals surface area contributed by atoms with Crippen LogP contribution in [0.4, 0.5) is 5.69 Å². The van der Waals surface area contributed by atoms with E-state index < -0.39 is 27.7 Å². The minimum absolute atomic E-state index is 0.0296. The summed E-state index contributed by atoms with van der Waals surface area (Å²) in [5.41, 5.74) is 5.11. The fourth-order valence-electron chi connectivity index (χ4n) is 1.16. The molecule has 0 saturated carbocycles. The van der Waals surface area contributed by atoms with Gasteiger partial charge in [0.2, 0.25) is 15.9 Å². The molecule has 18 heavy (non-hydrogen) atoms. The molecule has 0 aliphatic rings. The third-order valence-corrected chi connectivity index (χ3v) is 3.31. The van der Waals surface area contributed by atoms with Crippen molar-refractivity contribution in [2.75, 3.05) is 10.5 Å². The van der Waals surface area contributed by atoms with Crippen LogP contribution in [-0.4, -0.2) is 31.2 Å². The first-order chi connectivity index (χ1) is 8.21. The molecular formula is C9H9ClN2O5S. The Morgan fingerprint density at radius 3 is 2.44 bits per heavy atom. The highest BCUT2D eigenvalue weighted by Crippen LogP contribution is 2.21. The Labute approximate surface area is 108 Å². The van der Waals surface area contributed by atoms with Crippen molar-refractivity contribution in [3.8, 4) is 0 Å². The lowest BCUT2D eigenvalue weighted by Crippen LogP contribution is -2.22. The average Bonchev–Trinajstić information content (AvgIpc) is 2.13. The summed E-state index contributed by atoms with van der Waals surface area (Å²) in [5, 5.41) is 8.36. The molecule has 0 aliphatic heterocycles. The lowest BCUT2D eigenvalue weighted by molar-refractivity contribution is -0.134. The summed E-state index contributed by atoms with van der Waals surface area (Å²) >= 11 is 5.71. The van der Waals surface area contributed by atoms with Crippen molar-refractivity contribution in [1.82, 2.24) is 0 Å². The number of carboxylic acids is 1. The molecule has 98 valence electrons. The van der Waals surface area contributed by atoms with Crippen LogP contribution in [-0.2, 0) is 14.8 Å². The zero-order valence-corrected chi connectivity index (χ0v) is 10.5. The minimum atomic E-state index is -4.01. The Hall–Kier alpha value is -1.80. The van der Waals surface area contributed by atoms with Gasteiger partial charge >= 0.3 is 5.97 Å². The summed E-state index contributed by atoms with van der Waals surface area (Å²) in [6.45, 7) is 0. The van der Waals surface area contributed by atoms with Crippen molar-refractivity contribution in [2.45, 2.75) is 0 Å². The maximum absolute atomic E-state index is 11.3. The largest absolute Gasteiger partial charge is 0.480 e. The van der Waals surface area contributed by atoms with E-state index in [-0.39, 0.29) is 16.3 Å². The number of halogens is 1. The number of sulfonamides is 1. The van der Waals surface area contributed by atoms with E-state index in [1.165, 1.54) is 18.2 Å². The van der Waals surface area contributed by atoms with Gasteiger partial charge in [-0.25, -0.2) is 8.42 Å². The topological polar surface area (TPSA) is 127 Å². The predicted octanol–water partition coefficient (Wildman–Crippen LogP) is 0.265. The fraction of sp³-hybridized carbons (Fsp3) is 0.111. The van der Waals surface area contributed by atoms with Crippen molar-refractivity contribution < 1.29 is 23.1 Å². The summed E-state index contributed by atoms with van der Waals surface area (Å²) in [4.78, 5) is 21.2. The lowest BCUT2D eigenvalue weighted by atomic mass is 10.2. The van der Waals surface area contributed by atoms with Crippen LogP contribution in [0.15, 0.2) is 18.2 Å². The standard InChI is InChI=1S/C9H9ClN2O5S/c10-7-3-5(1-2-6(7)9(11)15)12-18(16,17)4-8(13)14/h1-3,12H,4H2,(H2,11,15)(H,13,14). The van der Waals surface area contributed by atoms with Crippen LogP contribution < -0.4 is 10.5 Å². The van der Waals surface area contributed by atoms with E-state index in [1.54, 1.807) is 0 Å². The van der Waals surface area contributed by atoms with Gasteiger partial charge < -0.3 is 10.8 Å². The number of hydrogen-bond acceptors (Lipinski definition) is 4. The highest BCUT2D eigenvalue weighted by atomic mass is 35.5. The Balaban J connectivity index is 2.97. The lowest BCUT2D eigenvalue weighted by Gasteiger charge is -2.07.